The number of likely N-dealkylation sites (tertiary alicyclic amines) is 1. The number of amides is 1. The van der Waals surface area contributed by atoms with Crippen LogP contribution in [-0.4, -0.2) is 39.2 Å². The number of hydrogen-bond acceptors (Lipinski definition) is 3. The summed E-state index contributed by atoms with van der Waals surface area (Å²) in [6.07, 6.45) is 3.85. The number of aryl methyl sites for hydroxylation is 1. The highest BCUT2D eigenvalue weighted by Gasteiger charge is 2.28. The molecule has 1 fully saturated rings. The molecule has 0 N–H and O–H groups in total. The van der Waals surface area contributed by atoms with Crippen LogP contribution in [0.15, 0.2) is 54.9 Å². The minimum Gasteiger partial charge on any atom is -0.342 e. The summed E-state index contributed by atoms with van der Waals surface area (Å²) < 4.78 is 2.01. The molecule has 1 saturated heterocycles. The Balaban J connectivity index is 1.38. The van der Waals surface area contributed by atoms with E-state index >= 15 is 0 Å². The molecule has 1 aromatic heterocycles. The van der Waals surface area contributed by atoms with Gasteiger partial charge < -0.3 is 9.47 Å². The van der Waals surface area contributed by atoms with Gasteiger partial charge in [0.1, 0.15) is 0 Å². The Bertz CT molecular complexity index is 996. The van der Waals surface area contributed by atoms with Gasteiger partial charge in [0.2, 0.25) is 5.91 Å². The summed E-state index contributed by atoms with van der Waals surface area (Å²) in [5, 5.41) is 0.615. The maximum atomic E-state index is 12.8. The van der Waals surface area contributed by atoms with Gasteiger partial charge in [0.15, 0.2) is 5.78 Å². The van der Waals surface area contributed by atoms with E-state index in [2.05, 4.69) is 4.98 Å². The van der Waals surface area contributed by atoms with Crippen LogP contribution in [0.25, 0.3) is 11.0 Å². The zero-order valence-electron chi connectivity index (χ0n) is 15.6. The second kappa shape index (κ2) is 8.15. The predicted molar refractivity (Wildman–Crippen MR) is 109 cm³/mol. The summed E-state index contributed by atoms with van der Waals surface area (Å²) in [6.45, 7) is 1.80. The van der Waals surface area contributed by atoms with Gasteiger partial charge in [0.05, 0.1) is 17.4 Å². The van der Waals surface area contributed by atoms with E-state index in [0.29, 0.717) is 36.6 Å². The van der Waals surface area contributed by atoms with E-state index in [4.69, 9.17) is 11.6 Å². The number of nitrogens with zero attached hydrogens (tertiary/aromatic N) is 3. The van der Waals surface area contributed by atoms with E-state index in [9.17, 15) is 9.59 Å². The monoisotopic (exact) mass is 395 g/mol. The van der Waals surface area contributed by atoms with Crippen LogP contribution in [0, 0.1) is 5.92 Å². The van der Waals surface area contributed by atoms with Gasteiger partial charge in [-0.15, -0.1) is 0 Å². The van der Waals surface area contributed by atoms with Crippen molar-refractivity contribution in [1.82, 2.24) is 14.5 Å². The van der Waals surface area contributed by atoms with Crippen molar-refractivity contribution in [2.75, 3.05) is 13.1 Å². The molecule has 0 spiro atoms. The number of Topliss-reactive ketones (excluding diaryl/α,β-unsaturated/α-hetero) is 1. The number of imidazole rings is 1. The SMILES string of the molecule is O=C(c1ccc(Cl)cc1)C1CCCN(C(=O)CCn2cnc3ccccc32)C1. The van der Waals surface area contributed by atoms with Crippen molar-refractivity contribution >= 4 is 34.3 Å². The second-order valence-corrected chi connectivity index (χ2v) is 7.66. The third kappa shape index (κ3) is 3.94. The van der Waals surface area contributed by atoms with Crippen LogP contribution in [0.2, 0.25) is 5.02 Å². The molecule has 1 aliphatic rings. The Morgan fingerprint density at radius 1 is 1.11 bits per heavy atom. The largest absolute Gasteiger partial charge is 0.342 e. The number of carbonyl (C=O) groups is 2. The highest BCUT2D eigenvalue weighted by Crippen LogP contribution is 2.23. The summed E-state index contributed by atoms with van der Waals surface area (Å²) >= 11 is 5.91. The van der Waals surface area contributed by atoms with Crippen LogP contribution in [0.5, 0.6) is 0 Å². The molecule has 0 aliphatic carbocycles. The van der Waals surface area contributed by atoms with Crippen molar-refractivity contribution in [2.45, 2.75) is 25.8 Å². The first-order chi connectivity index (χ1) is 13.6. The number of benzene rings is 2. The molecule has 1 aliphatic heterocycles. The highest BCUT2D eigenvalue weighted by atomic mass is 35.5. The fourth-order valence-corrected chi connectivity index (χ4v) is 3.96. The number of carbonyl (C=O) groups excluding carboxylic acids is 2. The first-order valence-corrected chi connectivity index (χ1v) is 9.97. The molecule has 0 radical (unpaired) electrons. The lowest BCUT2D eigenvalue weighted by Gasteiger charge is -2.32. The Kier molecular flexibility index (Phi) is 5.44. The normalized spacial score (nSPS) is 17.0. The Hall–Kier alpha value is -2.66. The Morgan fingerprint density at radius 3 is 2.71 bits per heavy atom. The van der Waals surface area contributed by atoms with Gasteiger partial charge in [-0.3, -0.25) is 9.59 Å². The molecule has 144 valence electrons. The van der Waals surface area contributed by atoms with Crippen LogP contribution >= 0.6 is 11.6 Å². The predicted octanol–water partition coefficient (Wildman–Crippen LogP) is 4.20. The van der Waals surface area contributed by atoms with Crippen molar-refractivity contribution in [3.63, 3.8) is 0 Å². The molecule has 0 bridgehead atoms. The van der Waals surface area contributed by atoms with Crippen molar-refractivity contribution in [2.24, 2.45) is 5.92 Å². The molecule has 4 rings (SSSR count). The van der Waals surface area contributed by atoms with Gasteiger partial charge in [-0.05, 0) is 49.2 Å². The van der Waals surface area contributed by atoms with Gasteiger partial charge in [0, 0.05) is 42.6 Å². The number of para-hydroxylation sites is 2. The molecule has 5 nitrogen and oxygen atoms in total. The number of fused-ring (bicyclic) bond motifs is 1. The fourth-order valence-electron chi connectivity index (χ4n) is 3.83. The number of rotatable bonds is 5. The fraction of sp³-hybridized carbons (Fsp3) is 0.318. The molecular formula is C22H22ClN3O2. The third-order valence-corrected chi connectivity index (χ3v) is 5.62. The topological polar surface area (TPSA) is 55.2 Å². The summed E-state index contributed by atoms with van der Waals surface area (Å²) in [6, 6.07) is 14.9. The van der Waals surface area contributed by atoms with E-state index in [1.54, 1.807) is 30.6 Å². The first-order valence-electron chi connectivity index (χ1n) is 9.59. The molecule has 3 aromatic rings. The van der Waals surface area contributed by atoms with E-state index in [0.717, 1.165) is 23.9 Å². The molecule has 1 unspecified atom stereocenters. The molecule has 2 heterocycles. The maximum absolute atomic E-state index is 12.8. The smallest absolute Gasteiger partial charge is 0.224 e. The van der Waals surface area contributed by atoms with Crippen molar-refractivity contribution in [1.29, 1.82) is 0 Å². The minimum atomic E-state index is -0.145. The van der Waals surface area contributed by atoms with E-state index in [1.165, 1.54) is 0 Å². The average Bonchev–Trinajstić information content (AvgIpc) is 3.15. The Morgan fingerprint density at radius 2 is 1.89 bits per heavy atom. The van der Waals surface area contributed by atoms with Crippen LogP contribution < -0.4 is 0 Å². The number of hydrogen-bond donors (Lipinski definition) is 0. The number of halogens is 1. The minimum absolute atomic E-state index is 0.0892. The zero-order valence-corrected chi connectivity index (χ0v) is 16.3. The molecular weight excluding hydrogens is 374 g/mol. The van der Waals surface area contributed by atoms with Gasteiger partial charge in [-0.1, -0.05) is 23.7 Å². The van der Waals surface area contributed by atoms with Gasteiger partial charge in [0.25, 0.3) is 0 Å². The van der Waals surface area contributed by atoms with Crippen LogP contribution in [-0.2, 0) is 11.3 Å². The molecule has 0 saturated carbocycles. The lowest BCUT2D eigenvalue weighted by molar-refractivity contribution is -0.132. The quantitative estimate of drug-likeness (QED) is 0.608. The van der Waals surface area contributed by atoms with Crippen LogP contribution in [0.3, 0.4) is 0 Å². The van der Waals surface area contributed by atoms with Gasteiger partial charge in [-0.2, -0.15) is 0 Å². The molecule has 6 heteroatoms. The third-order valence-electron chi connectivity index (χ3n) is 5.37. The van der Waals surface area contributed by atoms with Gasteiger partial charge >= 0.3 is 0 Å². The highest BCUT2D eigenvalue weighted by molar-refractivity contribution is 6.30. The number of piperidine rings is 1. The van der Waals surface area contributed by atoms with Crippen LogP contribution in [0.4, 0.5) is 0 Å². The average molecular weight is 396 g/mol. The molecule has 28 heavy (non-hydrogen) atoms. The molecule has 1 amide bonds. The standard InChI is InChI=1S/C22H22ClN3O2/c23-18-9-7-16(8-10-18)22(28)17-4-3-12-25(14-17)21(27)11-13-26-15-24-19-5-1-2-6-20(19)26/h1-2,5-10,15,17H,3-4,11-14H2. The van der Waals surface area contributed by atoms with Crippen LogP contribution in [0.1, 0.15) is 29.6 Å². The van der Waals surface area contributed by atoms with Crippen molar-refractivity contribution in [3.05, 3.63) is 65.4 Å². The summed E-state index contributed by atoms with van der Waals surface area (Å²) in [5.74, 6) is 0.0362. The summed E-state index contributed by atoms with van der Waals surface area (Å²) in [7, 11) is 0. The number of ketones is 1. The summed E-state index contributed by atoms with van der Waals surface area (Å²) in [5.41, 5.74) is 2.62. The zero-order chi connectivity index (χ0) is 19.5. The number of aromatic nitrogens is 2. The van der Waals surface area contributed by atoms with Gasteiger partial charge in [-0.25, -0.2) is 4.98 Å². The second-order valence-electron chi connectivity index (χ2n) is 7.23. The van der Waals surface area contributed by atoms with E-state index < -0.39 is 0 Å². The Labute approximate surface area is 168 Å². The van der Waals surface area contributed by atoms with E-state index in [-0.39, 0.29) is 17.6 Å². The first kappa shape index (κ1) is 18.7. The van der Waals surface area contributed by atoms with E-state index in [1.807, 2.05) is 33.7 Å². The molecule has 2 aromatic carbocycles. The van der Waals surface area contributed by atoms with Crippen molar-refractivity contribution < 1.29 is 9.59 Å². The summed E-state index contributed by atoms with van der Waals surface area (Å²) in [4.78, 5) is 31.7. The molecule has 1 atom stereocenters. The lowest BCUT2D eigenvalue weighted by atomic mass is 9.90. The maximum Gasteiger partial charge on any atom is 0.224 e. The lowest BCUT2D eigenvalue weighted by Crippen LogP contribution is -2.42. The van der Waals surface area contributed by atoms with Crippen molar-refractivity contribution in [3.8, 4) is 0 Å².